The third-order valence-electron chi connectivity index (χ3n) is 3.63. The molecular formula is C17H18ClNO4S2. The van der Waals surface area contributed by atoms with E-state index in [9.17, 15) is 13.0 Å². The largest absolute Gasteiger partial charge is 0.744 e. The Labute approximate surface area is 156 Å². The molecule has 0 amide bonds. The van der Waals surface area contributed by atoms with E-state index in [0.717, 1.165) is 16.8 Å². The minimum absolute atomic E-state index is 0.178. The lowest BCUT2D eigenvalue weighted by atomic mass is 10.2. The summed E-state index contributed by atoms with van der Waals surface area (Å²) in [6.45, 7) is 3.91. The third-order valence-corrected chi connectivity index (χ3v) is 5.90. The fourth-order valence-electron chi connectivity index (χ4n) is 2.13. The van der Waals surface area contributed by atoms with Gasteiger partial charge in [-0.15, -0.1) is 0 Å². The highest BCUT2D eigenvalue weighted by Crippen LogP contribution is 2.31. The fourth-order valence-corrected chi connectivity index (χ4v) is 3.85. The molecule has 3 rings (SSSR count). The standard InChI is InChI=1S/C10H11ClNOS.C7H8O3S/c1-6-12(2)8-4-7(11)9(13-3)5-10(8)14-6;1-6-2-4-7(5-3-6)11(8,9)10/h4-5H,1-3H3;2-5H,1H3,(H,8,9,10)/q+1;/p-1. The SMILES string of the molecule is COc1cc2sc(C)[n+](C)c2cc1Cl.Cc1ccc(S(=O)(=O)[O-])cc1. The van der Waals surface area contributed by atoms with Gasteiger partial charge in [0.25, 0.3) is 0 Å². The van der Waals surface area contributed by atoms with Crippen molar-refractivity contribution in [2.75, 3.05) is 7.11 Å². The van der Waals surface area contributed by atoms with E-state index in [2.05, 4.69) is 11.5 Å². The molecule has 0 bridgehead atoms. The summed E-state index contributed by atoms with van der Waals surface area (Å²) in [6.07, 6.45) is 0. The van der Waals surface area contributed by atoms with Crippen LogP contribution in [0.2, 0.25) is 5.02 Å². The van der Waals surface area contributed by atoms with Gasteiger partial charge in [-0.1, -0.05) is 40.6 Å². The molecule has 8 heteroatoms. The van der Waals surface area contributed by atoms with Crippen molar-refractivity contribution in [3.63, 3.8) is 0 Å². The van der Waals surface area contributed by atoms with E-state index in [1.165, 1.54) is 21.8 Å². The molecule has 5 nitrogen and oxygen atoms in total. The zero-order valence-corrected chi connectivity index (χ0v) is 16.6. The van der Waals surface area contributed by atoms with Gasteiger partial charge < -0.3 is 9.29 Å². The molecule has 0 aliphatic rings. The third kappa shape index (κ3) is 4.70. The van der Waals surface area contributed by atoms with Gasteiger partial charge in [0, 0.05) is 19.1 Å². The maximum absolute atomic E-state index is 10.4. The van der Waals surface area contributed by atoms with Crippen molar-refractivity contribution in [2.24, 2.45) is 7.05 Å². The second kappa shape index (κ2) is 7.70. The highest BCUT2D eigenvalue weighted by Gasteiger charge is 2.15. The van der Waals surface area contributed by atoms with E-state index < -0.39 is 10.1 Å². The molecule has 134 valence electrons. The van der Waals surface area contributed by atoms with Crippen molar-refractivity contribution in [3.05, 3.63) is 52.0 Å². The summed E-state index contributed by atoms with van der Waals surface area (Å²) >= 11 is 7.79. The average molecular weight is 400 g/mol. The number of aromatic nitrogens is 1. The van der Waals surface area contributed by atoms with Crippen LogP contribution in [0, 0.1) is 13.8 Å². The summed E-state index contributed by atoms with van der Waals surface area (Å²) < 4.78 is 39.7. The van der Waals surface area contributed by atoms with E-state index in [1.54, 1.807) is 30.6 Å². The predicted octanol–water partition coefficient (Wildman–Crippen LogP) is 3.60. The van der Waals surface area contributed by atoms with Crippen molar-refractivity contribution in [2.45, 2.75) is 18.7 Å². The van der Waals surface area contributed by atoms with Gasteiger partial charge in [0.1, 0.15) is 27.6 Å². The van der Waals surface area contributed by atoms with Crippen LogP contribution in [0.3, 0.4) is 0 Å². The number of rotatable bonds is 2. The van der Waals surface area contributed by atoms with Crippen molar-refractivity contribution < 1.29 is 22.3 Å². The predicted molar refractivity (Wildman–Crippen MR) is 98.4 cm³/mol. The van der Waals surface area contributed by atoms with Crippen molar-refractivity contribution in [1.29, 1.82) is 0 Å². The molecule has 1 heterocycles. The number of ether oxygens (including phenoxy) is 1. The fraction of sp³-hybridized carbons (Fsp3) is 0.235. The zero-order chi connectivity index (χ0) is 18.8. The second-order valence-electron chi connectivity index (χ2n) is 5.40. The number of methoxy groups -OCH3 is 1. The molecule has 0 atom stereocenters. The van der Waals surface area contributed by atoms with Gasteiger partial charge in [-0.2, -0.15) is 4.57 Å². The minimum atomic E-state index is -4.27. The highest BCUT2D eigenvalue weighted by atomic mass is 35.5. The van der Waals surface area contributed by atoms with Gasteiger partial charge in [0.15, 0.2) is 0 Å². The molecule has 0 unspecified atom stereocenters. The quantitative estimate of drug-likeness (QED) is 0.487. The van der Waals surface area contributed by atoms with Crippen molar-refractivity contribution >= 4 is 43.3 Å². The lowest BCUT2D eigenvalue weighted by Crippen LogP contribution is -2.28. The highest BCUT2D eigenvalue weighted by molar-refractivity contribution is 7.85. The summed E-state index contributed by atoms with van der Waals surface area (Å²) in [7, 11) is -0.598. The molecular weight excluding hydrogens is 382 g/mol. The van der Waals surface area contributed by atoms with E-state index in [1.807, 2.05) is 26.1 Å². The second-order valence-corrected chi connectivity index (χ2v) is 8.42. The number of thiazole rings is 1. The zero-order valence-electron chi connectivity index (χ0n) is 14.2. The van der Waals surface area contributed by atoms with Crippen molar-refractivity contribution in [3.8, 4) is 5.75 Å². The Morgan fingerprint density at radius 3 is 2.28 bits per heavy atom. The summed E-state index contributed by atoms with van der Waals surface area (Å²) in [5.74, 6) is 0.737. The molecule has 1 aromatic heterocycles. The van der Waals surface area contributed by atoms with Gasteiger partial charge in [0.05, 0.1) is 17.0 Å². The first kappa shape index (κ1) is 19.7. The number of hydrogen-bond acceptors (Lipinski definition) is 5. The van der Waals surface area contributed by atoms with Gasteiger partial charge >= 0.3 is 0 Å². The van der Waals surface area contributed by atoms with Crippen LogP contribution in [-0.4, -0.2) is 20.1 Å². The monoisotopic (exact) mass is 399 g/mol. The molecule has 0 aliphatic carbocycles. The Morgan fingerprint density at radius 2 is 1.76 bits per heavy atom. The molecule has 2 aromatic carbocycles. The van der Waals surface area contributed by atoms with Crippen LogP contribution < -0.4 is 9.30 Å². The molecule has 0 spiro atoms. The number of nitrogens with zero attached hydrogens (tertiary/aromatic N) is 1. The Bertz CT molecular complexity index is 996. The Hall–Kier alpha value is -1.67. The summed E-state index contributed by atoms with van der Waals surface area (Å²) in [5.41, 5.74) is 2.08. The molecule has 25 heavy (non-hydrogen) atoms. The van der Waals surface area contributed by atoms with Gasteiger partial charge in [0.2, 0.25) is 10.5 Å². The van der Waals surface area contributed by atoms with E-state index in [0.29, 0.717) is 5.02 Å². The lowest BCUT2D eigenvalue weighted by molar-refractivity contribution is -0.646. The normalized spacial score (nSPS) is 11.1. The molecule has 0 N–H and O–H groups in total. The van der Waals surface area contributed by atoms with Crippen LogP contribution in [0.1, 0.15) is 10.6 Å². The number of halogens is 1. The topological polar surface area (TPSA) is 70.3 Å². The summed E-state index contributed by atoms with van der Waals surface area (Å²) in [5, 5.41) is 1.91. The van der Waals surface area contributed by atoms with Gasteiger partial charge in [-0.3, -0.25) is 0 Å². The summed E-state index contributed by atoms with van der Waals surface area (Å²) in [6, 6.07) is 9.71. The number of hydrogen-bond donors (Lipinski definition) is 0. The molecule has 0 fully saturated rings. The molecule has 0 aliphatic heterocycles. The summed E-state index contributed by atoms with van der Waals surface area (Å²) in [4.78, 5) is -0.178. The first-order chi connectivity index (χ1) is 11.6. The number of aryl methyl sites for hydroxylation is 3. The van der Waals surface area contributed by atoms with Crippen LogP contribution in [0.25, 0.3) is 10.2 Å². The molecule has 0 radical (unpaired) electrons. The van der Waals surface area contributed by atoms with Gasteiger partial charge in [-0.25, -0.2) is 8.42 Å². The first-order valence-corrected chi connectivity index (χ1v) is 9.89. The maximum atomic E-state index is 10.4. The van der Waals surface area contributed by atoms with E-state index in [4.69, 9.17) is 16.3 Å². The van der Waals surface area contributed by atoms with E-state index >= 15 is 0 Å². The van der Waals surface area contributed by atoms with Gasteiger partial charge in [-0.05, 0) is 19.1 Å². The minimum Gasteiger partial charge on any atom is -0.744 e. The van der Waals surface area contributed by atoms with E-state index in [-0.39, 0.29) is 4.90 Å². The van der Waals surface area contributed by atoms with Crippen molar-refractivity contribution in [1.82, 2.24) is 0 Å². The molecule has 0 saturated carbocycles. The van der Waals surface area contributed by atoms with Crippen LogP contribution >= 0.6 is 22.9 Å². The Morgan fingerprint density at radius 1 is 1.16 bits per heavy atom. The van der Waals surface area contributed by atoms with Crippen LogP contribution in [0.5, 0.6) is 5.75 Å². The van der Waals surface area contributed by atoms with Crippen LogP contribution in [-0.2, 0) is 17.2 Å². The number of fused-ring (bicyclic) bond motifs is 1. The molecule has 3 aromatic rings. The maximum Gasteiger partial charge on any atom is 0.234 e. The Kier molecular flexibility index (Phi) is 6.05. The first-order valence-electron chi connectivity index (χ1n) is 7.28. The lowest BCUT2D eigenvalue weighted by Gasteiger charge is -2.05. The molecule has 0 saturated heterocycles. The van der Waals surface area contributed by atoms with Crippen LogP contribution in [0.4, 0.5) is 0 Å². The Balaban J connectivity index is 0.000000186. The van der Waals surface area contributed by atoms with Crippen LogP contribution in [0.15, 0.2) is 41.3 Å². The number of benzene rings is 2. The smallest absolute Gasteiger partial charge is 0.234 e. The average Bonchev–Trinajstić information content (AvgIpc) is 2.81.